The molecule has 0 unspecified atom stereocenters. The van der Waals surface area contributed by atoms with Crippen LogP contribution in [0.5, 0.6) is 5.75 Å². The molecule has 0 spiro atoms. The molecule has 0 saturated carbocycles. The SMILES string of the molecule is C=CCN(c1ccccc1OCC)S(=O)(=O)c1cccs1. The molecule has 0 aliphatic rings. The highest BCUT2D eigenvalue weighted by Gasteiger charge is 2.27. The Bertz CT molecular complexity index is 693. The number of para-hydroxylation sites is 2. The molecule has 0 bridgehead atoms. The number of anilines is 1. The van der Waals surface area contributed by atoms with Crippen molar-refractivity contribution in [2.45, 2.75) is 11.1 Å². The van der Waals surface area contributed by atoms with E-state index in [1.54, 1.807) is 41.8 Å². The topological polar surface area (TPSA) is 46.6 Å². The van der Waals surface area contributed by atoms with Gasteiger partial charge in [-0.05, 0) is 30.5 Å². The van der Waals surface area contributed by atoms with Crippen molar-refractivity contribution in [3.63, 3.8) is 0 Å². The van der Waals surface area contributed by atoms with E-state index in [-0.39, 0.29) is 6.54 Å². The van der Waals surface area contributed by atoms with Gasteiger partial charge in [0.15, 0.2) is 0 Å². The van der Waals surface area contributed by atoms with E-state index in [0.717, 1.165) is 0 Å². The zero-order chi connectivity index (χ0) is 15.3. The molecule has 112 valence electrons. The van der Waals surface area contributed by atoms with Gasteiger partial charge in [0.25, 0.3) is 10.0 Å². The summed E-state index contributed by atoms with van der Waals surface area (Å²) in [4.78, 5) is 0. The average molecular weight is 323 g/mol. The molecule has 1 aromatic carbocycles. The summed E-state index contributed by atoms with van der Waals surface area (Å²) in [5, 5.41) is 1.74. The van der Waals surface area contributed by atoms with Gasteiger partial charge in [-0.1, -0.05) is 24.3 Å². The first-order valence-electron chi connectivity index (χ1n) is 6.50. The quantitative estimate of drug-likeness (QED) is 0.732. The summed E-state index contributed by atoms with van der Waals surface area (Å²) in [5.41, 5.74) is 0.521. The molecule has 2 rings (SSSR count). The van der Waals surface area contributed by atoms with E-state index in [9.17, 15) is 8.42 Å². The summed E-state index contributed by atoms with van der Waals surface area (Å²) in [6, 6.07) is 10.4. The van der Waals surface area contributed by atoms with Crippen molar-refractivity contribution in [1.82, 2.24) is 0 Å². The maximum Gasteiger partial charge on any atom is 0.274 e. The largest absolute Gasteiger partial charge is 0.492 e. The van der Waals surface area contributed by atoms with Gasteiger partial charge in [0.2, 0.25) is 0 Å². The van der Waals surface area contributed by atoms with Crippen LogP contribution in [-0.2, 0) is 10.0 Å². The third-order valence-corrected chi connectivity index (χ3v) is 5.92. The fourth-order valence-corrected chi connectivity index (χ4v) is 4.45. The number of thiophene rings is 1. The van der Waals surface area contributed by atoms with Crippen LogP contribution < -0.4 is 9.04 Å². The third-order valence-electron chi connectivity index (χ3n) is 2.77. The predicted molar refractivity (Wildman–Crippen MR) is 86.7 cm³/mol. The van der Waals surface area contributed by atoms with E-state index in [4.69, 9.17) is 4.74 Å². The van der Waals surface area contributed by atoms with E-state index >= 15 is 0 Å². The van der Waals surface area contributed by atoms with Crippen molar-refractivity contribution in [1.29, 1.82) is 0 Å². The molecule has 0 radical (unpaired) electrons. The van der Waals surface area contributed by atoms with Crippen molar-refractivity contribution in [2.24, 2.45) is 0 Å². The summed E-state index contributed by atoms with van der Waals surface area (Å²) >= 11 is 1.19. The van der Waals surface area contributed by atoms with Crippen LogP contribution in [0.4, 0.5) is 5.69 Å². The Morgan fingerprint density at radius 1 is 1.29 bits per heavy atom. The number of sulfonamides is 1. The van der Waals surface area contributed by atoms with Gasteiger partial charge in [-0.3, -0.25) is 4.31 Å². The molecule has 0 fully saturated rings. The second-order valence-electron chi connectivity index (χ2n) is 4.16. The van der Waals surface area contributed by atoms with Crippen molar-refractivity contribution in [3.8, 4) is 5.75 Å². The van der Waals surface area contributed by atoms with E-state index < -0.39 is 10.0 Å². The normalized spacial score (nSPS) is 11.1. The van der Waals surface area contributed by atoms with Crippen LogP contribution >= 0.6 is 11.3 Å². The Balaban J connectivity index is 2.52. The highest BCUT2D eigenvalue weighted by atomic mass is 32.2. The maximum absolute atomic E-state index is 12.8. The van der Waals surface area contributed by atoms with Crippen molar-refractivity contribution < 1.29 is 13.2 Å². The smallest absolute Gasteiger partial charge is 0.274 e. The molecule has 1 heterocycles. The van der Waals surface area contributed by atoms with Crippen LogP contribution in [-0.4, -0.2) is 21.6 Å². The lowest BCUT2D eigenvalue weighted by atomic mass is 10.3. The molecule has 0 atom stereocenters. The molecular formula is C15H17NO3S2. The molecule has 6 heteroatoms. The Hall–Kier alpha value is -1.79. The summed E-state index contributed by atoms with van der Waals surface area (Å²) in [7, 11) is -3.61. The van der Waals surface area contributed by atoms with Gasteiger partial charge in [0.1, 0.15) is 9.96 Å². The van der Waals surface area contributed by atoms with E-state index in [1.165, 1.54) is 15.6 Å². The lowest BCUT2D eigenvalue weighted by Gasteiger charge is -2.24. The van der Waals surface area contributed by atoms with E-state index in [0.29, 0.717) is 22.3 Å². The minimum atomic E-state index is -3.61. The minimum Gasteiger partial charge on any atom is -0.492 e. The van der Waals surface area contributed by atoms with Gasteiger partial charge in [-0.2, -0.15) is 0 Å². The number of nitrogens with zero attached hydrogens (tertiary/aromatic N) is 1. The Morgan fingerprint density at radius 2 is 2.05 bits per heavy atom. The molecule has 0 saturated heterocycles. The molecule has 0 N–H and O–H groups in total. The average Bonchev–Trinajstić information content (AvgIpc) is 3.01. The van der Waals surface area contributed by atoms with Crippen molar-refractivity contribution in [2.75, 3.05) is 17.5 Å². The van der Waals surface area contributed by atoms with Gasteiger partial charge in [0.05, 0.1) is 18.8 Å². The summed E-state index contributed by atoms with van der Waals surface area (Å²) < 4.78 is 32.7. The van der Waals surface area contributed by atoms with Crippen molar-refractivity contribution in [3.05, 3.63) is 54.4 Å². The van der Waals surface area contributed by atoms with Crippen LogP contribution in [0.25, 0.3) is 0 Å². The van der Waals surface area contributed by atoms with E-state index in [2.05, 4.69) is 6.58 Å². The van der Waals surface area contributed by atoms with Gasteiger partial charge in [0, 0.05) is 0 Å². The Kier molecular flexibility index (Phi) is 5.03. The van der Waals surface area contributed by atoms with Gasteiger partial charge < -0.3 is 4.74 Å². The van der Waals surface area contributed by atoms with Crippen LogP contribution in [0.2, 0.25) is 0 Å². The number of hydrogen-bond acceptors (Lipinski definition) is 4. The molecule has 1 aromatic heterocycles. The Labute approximate surface area is 129 Å². The number of ether oxygens (including phenoxy) is 1. The lowest BCUT2D eigenvalue weighted by molar-refractivity contribution is 0.341. The molecule has 2 aromatic rings. The lowest BCUT2D eigenvalue weighted by Crippen LogP contribution is -2.31. The first kappa shape index (κ1) is 15.6. The van der Waals surface area contributed by atoms with Gasteiger partial charge >= 0.3 is 0 Å². The molecule has 4 nitrogen and oxygen atoms in total. The number of benzene rings is 1. The maximum atomic E-state index is 12.8. The molecule has 0 aliphatic heterocycles. The molecular weight excluding hydrogens is 306 g/mol. The van der Waals surface area contributed by atoms with Crippen LogP contribution in [0.15, 0.2) is 58.6 Å². The van der Waals surface area contributed by atoms with E-state index in [1.807, 2.05) is 13.0 Å². The first-order valence-corrected chi connectivity index (χ1v) is 8.82. The number of rotatable bonds is 7. The predicted octanol–water partition coefficient (Wildman–Crippen LogP) is 3.53. The van der Waals surface area contributed by atoms with Crippen LogP contribution in [0.3, 0.4) is 0 Å². The van der Waals surface area contributed by atoms with Crippen LogP contribution in [0, 0.1) is 0 Å². The standard InChI is InChI=1S/C15H17NO3S2/c1-3-11-16(21(17,18)15-10-7-12-20-15)13-8-5-6-9-14(13)19-4-2/h3,5-10,12H,1,4,11H2,2H3. The summed E-state index contributed by atoms with van der Waals surface area (Å²) in [6.07, 6.45) is 1.56. The van der Waals surface area contributed by atoms with Crippen molar-refractivity contribution >= 4 is 27.0 Å². The highest BCUT2D eigenvalue weighted by Crippen LogP contribution is 2.33. The Morgan fingerprint density at radius 3 is 2.67 bits per heavy atom. The molecule has 21 heavy (non-hydrogen) atoms. The third kappa shape index (κ3) is 3.28. The van der Waals surface area contributed by atoms with Gasteiger partial charge in [-0.15, -0.1) is 17.9 Å². The molecule has 0 aliphatic carbocycles. The highest BCUT2D eigenvalue weighted by molar-refractivity contribution is 7.94. The minimum absolute atomic E-state index is 0.185. The number of hydrogen-bond donors (Lipinski definition) is 0. The fraction of sp³-hybridized carbons (Fsp3) is 0.200. The zero-order valence-corrected chi connectivity index (χ0v) is 13.4. The monoisotopic (exact) mass is 323 g/mol. The summed E-state index contributed by atoms with van der Waals surface area (Å²) in [5.74, 6) is 0.544. The van der Waals surface area contributed by atoms with Gasteiger partial charge in [-0.25, -0.2) is 8.42 Å². The summed E-state index contributed by atoms with van der Waals surface area (Å²) in [6.45, 7) is 6.17. The van der Waals surface area contributed by atoms with Crippen LogP contribution in [0.1, 0.15) is 6.92 Å². The fourth-order valence-electron chi connectivity index (χ4n) is 1.90. The molecule has 0 amide bonds. The second kappa shape index (κ2) is 6.78. The second-order valence-corrected chi connectivity index (χ2v) is 7.19. The zero-order valence-electron chi connectivity index (χ0n) is 11.7. The first-order chi connectivity index (χ1) is 10.1.